The highest BCUT2D eigenvalue weighted by molar-refractivity contribution is 6.31. The van der Waals surface area contributed by atoms with E-state index in [1.165, 1.54) is 10.8 Å². The lowest BCUT2D eigenvalue weighted by atomic mass is 10.1. The Morgan fingerprint density at radius 2 is 1.64 bits per heavy atom. The summed E-state index contributed by atoms with van der Waals surface area (Å²) in [7, 11) is 0. The van der Waals surface area contributed by atoms with Gasteiger partial charge in [-0.05, 0) is 34.5 Å². The largest absolute Gasteiger partial charge is 0.264 e. The molecule has 2 nitrogen and oxygen atoms in total. The van der Waals surface area contributed by atoms with Gasteiger partial charge in [0, 0.05) is 35.3 Å². The number of hydrogen-bond acceptors (Lipinski definition) is 2. The van der Waals surface area contributed by atoms with Gasteiger partial charge in [-0.15, -0.1) is 0 Å². The minimum Gasteiger partial charge on any atom is -0.264 e. The first-order valence-electron chi connectivity index (χ1n) is 8.02. The molecule has 25 heavy (non-hydrogen) atoms. The molecule has 0 spiro atoms. The minimum absolute atomic E-state index is 0.490. The summed E-state index contributed by atoms with van der Waals surface area (Å²) in [6.07, 6.45) is 9.41. The molecule has 0 saturated carbocycles. The normalized spacial score (nSPS) is 11.2. The Bertz CT molecular complexity index is 1060. The number of aromatic nitrogens is 2. The van der Waals surface area contributed by atoms with Crippen molar-refractivity contribution in [3.63, 3.8) is 0 Å². The third-order valence-electron chi connectivity index (χ3n) is 4.09. The van der Waals surface area contributed by atoms with Crippen LogP contribution in [0.3, 0.4) is 0 Å². The molecule has 3 heteroatoms. The molecule has 0 radical (unpaired) electrons. The number of benzene rings is 2. The number of halogens is 1. The molecule has 0 aliphatic rings. The van der Waals surface area contributed by atoms with Crippen molar-refractivity contribution in [2.75, 3.05) is 0 Å². The van der Waals surface area contributed by atoms with Crippen LogP contribution in [0.2, 0.25) is 5.15 Å². The fraction of sp³-hybridized carbons (Fsp3) is 0. The standard InChI is InChI=1S/C22H15ClN2/c23-22-19(13-21(15-25-22)20-6-3-11-24-14-20)10-8-16-7-9-17-4-1-2-5-18(17)12-16/h1-15H/b10-8+. The van der Waals surface area contributed by atoms with E-state index in [1.807, 2.05) is 42.6 Å². The molecule has 0 aliphatic carbocycles. The lowest BCUT2D eigenvalue weighted by molar-refractivity contribution is 1.29. The molecule has 0 amide bonds. The number of hydrogen-bond donors (Lipinski definition) is 0. The lowest BCUT2D eigenvalue weighted by Gasteiger charge is -2.04. The zero-order chi connectivity index (χ0) is 17.1. The molecular weight excluding hydrogens is 328 g/mol. The number of nitrogens with zero attached hydrogens (tertiary/aromatic N) is 2. The molecule has 2 heterocycles. The van der Waals surface area contributed by atoms with Gasteiger partial charge in [0.05, 0.1) is 0 Å². The molecule has 0 bridgehead atoms. The van der Waals surface area contributed by atoms with Gasteiger partial charge in [0.2, 0.25) is 0 Å². The van der Waals surface area contributed by atoms with Crippen LogP contribution in [0.4, 0.5) is 0 Å². The van der Waals surface area contributed by atoms with Crippen molar-refractivity contribution >= 4 is 34.5 Å². The zero-order valence-electron chi connectivity index (χ0n) is 13.4. The highest BCUT2D eigenvalue weighted by atomic mass is 35.5. The molecule has 120 valence electrons. The fourth-order valence-electron chi connectivity index (χ4n) is 2.77. The van der Waals surface area contributed by atoms with Crippen LogP contribution in [0.15, 0.2) is 79.3 Å². The van der Waals surface area contributed by atoms with Crippen molar-refractivity contribution in [1.82, 2.24) is 9.97 Å². The molecule has 4 aromatic rings. The summed E-state index contributed by atoms with van der Waals surface area (Å²) in [6, 6.07) is 20.7. The van der Waals surface area contributed by atoms with Crippen LogP contribution < -0.4 is 0 Å². The smallest absolute Gasteiger partial charge is 0.136 e. The number of rotatable bonds is 3. The minimum atomic E-state index is 0.490. The van der Waals surface area contributed by atoms with Gasteiger partial charge in [-0.1, -0.05) is 66.2 Å². The molecule has 0 aliphatic heterocycles. The summed E-state index contributed by atoms with van der Waals surface area (Å²) in [5, 5.41) is 2.94. The van der Waals surface area contributed by atoms with Crippen LogP contribution in [0, 0.1) is 0 Å². The maximum absolute atomic E-state index is 6.27. The van der Waals surface area contributed by atoms with E-state index in [0.717, 1.165) is 22.3 Å². The third-order valence-corrected chi connectivity index (χ3v) is 4.41. The van der Waals surface area contributed by atoms with Crippen molar-refractivity contribution < 1.29 is 0 Å². The molecule has 0 N–H and O–H groups in total. The van der Waals surface area contributed by atoms with Crippen LogP contribution in [0.1, 0.15) is 11.1 Å². The van der Waals surface area contributed by atoms with E-state index in [-0.39, 0.29) is 0 Å². The topological polar surface area (TPSA) is 25.8 Å². The van der Waals surface area contributed by atoms with Crippen molar-refractivity contribution in [3.8, 4) is 11.1 Å². The first-order valence-corrected chi connectivity index (χ1v) is 8.40. The van der Waals surface area contributed by atoms with E-state index < -0.39 is 0 Å². The average Bonchev–Trinajstić information content (AvgIpc) is 2.68. The molecule has 0 unspecified atom stereocenters. The van der Waals surface area contributed by atoms with Gasteiger partial charge in [0.25, 0.3) is 0 Å². The monoisotopic (exact) mass is 342 g/mol. The Morgan fingerprint density at radius 1 is 0.760 bits per heavy atom. The maximum atomic E-state index is 6.27. The summed E-state index contributed by atoms with van der Waals surface area (Å²) in [5.74, 6) is 0. The van der Waals surface area contributed by atoms with E-state index in [2.05, 4.69) is 46.4 Å². The van der Waals surface area contributed by atoms with E-state index in [9.17, 15) is 0 Å². The quantitative estimate of drug-likeness (QED) is 0.419. The number of pyridine rings is 2. The summed E-state index contributed by atoms with van der Waals surface area (Å²) in [6.45, 7) is 0. The SMILES string of the molecule is Clc1ncc(-c2cccnc2)cc1/C=C/c1ccc2ccccc2c1. The summed E-state index contributed by atoms with van der Waals surface area (Å²) in [4.78, 5) is 8.46. The van der Waals surface area contributed by atoms with Crippen molar-refractivity contribution in [3.05, 3.63) is 95.5 Å². The second kappa shape index (κ2) is 6.88. The van der Waals surface area contributed by atoms with Crippen LogP contribution >= 0.6 is 11.6 Å². The van der Waals surface area contributed by atoms with Crippen LogP contribution in [-0.2, 0) is 0 Å². The molecule has 2 aromatic heterocycles. The van der Waals surface area contributed by atoms with Crippen molar-refractivity contribution in [2.24, 2.45) is 0 Å². The first-order chi connectivity index (χ1) is 12.3. The van der Waals surface area contributed by atoms with Gasteiger partial charge in [-0.2, -0.15) is 0 Å². The van der Waals surface area contributed by atoms with Gasteiger partial charge in [0.15, 0.2) is 0 Å². The first kappa shape index (κ1) is 15.6. The van der Waals surface area contributed by atoms with Gasteiger partial charge >= 0.3 is 0 Å². The average molecular weight is 343 g/mol. The van der Waals surface area contributed by atoms with Crippen LogP contribution in [0.5, 0.6) is 0 Å². The Labute approximate surface area is 151 Å². The molecule has 2 aromatic carbocycles. The molecular formula is C22H15ClN2. The van der Waals surface area contributed by atoms with E-state index in [1.54, 1.807) is 12.4 Å². The van der Waals surface area contributed by atoms with Gasteiger partial charge in [-0.3, -0.25) is 4.98 Å². The third kappa shape index (κ3) is 3.44. The lowest BCUT2D eigenvalue weighted by Crippen LogP contribution is -1.86. The summed E-state index contributed by atoms with van der Waals surface area (Å²) < 4.78 is 0. The van der Waals surface area contributed by atoms with E-state index >= 15 is 0 Å². The molecule has 0 saturated heterocycles. The Kier molecular flexibility index (Phi) is 4.28. The Balaban J connectivity index is 1.68. The highest BCUT2D eigenvalue weighted by Crippen LogP contribution is 2.24. The van der Waals surface area contributed by atoms with E-state index in [0.29, 0.717) is 5.15 Å². The predicted octanol–water partition coefficient (Wildman–Crippen LogP) is 6.12. The summed E-state index contributed by atoms with van der Waals surface area (Å²) in [5.41, 5.74) is 4.03. The second-order valence-corrected chi connectivity index (χ2v) is 6.14. The van der Waals surface area contributed by atoms with Crippen LogP contribution in [0.25, 0.3) is 34.1 Å². The zero-order valence-corrected chi connectivity index (χ0v) is 14.2. The molecule has 0 fully saturated rings. The van der Waals surface area contributed by atoms with E-state index in [4.69, 9.17) is 11.6 Å². The fourth-order valence-corrected chi connectivity index (χ4v) is 2.94. The van der Waals surface area contributed by atoms with Crippen molar-refractivity contribution in [1.29, 1.82) is 0 Å². The Morgan fingerprint density at radius 3 is 2.48 bits per heavy atom. The molecule has 0 atom stereocenters. The van der Waals surface area contributed by atoms with Gasteiger partial charge < -0.3 is 0 Å². The van der Waals surface area contributed by atoms with Gasteiger partial charge in [0.1, 0.15) is 5.15 Å². The Hall–Kier alpha value is -2.97. The second-order valence-electron chi connectivity index (χ2n) is 5.79. The summed E-state index contributed by atoms with van der Waals surface area (Å²) >= 11 is 6.27. The van der Waals surface area contributed by atoms with Crippen LogP contribution in [-0.4, -0.2) is 9.97 Å². The van der Waals surface area contributed by atoms with Gasteiger partial charge in [-0.25, -0.2) is 4.98 Å². The molecule has 4 rings (SSSR count). The number of fused-ring (bicyclic) bond motifs is 1. The maximum Gasteiger partial charge on any atom is 0.136 e. The van der Waals surface area contributed by atoms with Crippen molar-refractivity contribution in [2.45, 2.75) is 0 Å². The predicted molar refractivity (Wildman–Crippen MR) is 105 cm³/mol. The highest BCUT2D eigenvalue weighted by Gasteiger charge is 2.03.